The van der Waals surface area contributed by atoms with E-state index in [0.29, 0.717) is 16.7 Å². The van der Waals surface area contributed by atoms with Gasteiger partial charge in [-0.1, -0.05) is 12.1 Å². The van der Waals surface area contributed by atoms with Crippen molar-refractivity contribution in [3.63, 3.8) is 0 Å². The minimum atomic E-state index is -0.317. The average molecular weight is 260 g/mol. The Balaban J connectivity index is 2.48. The van der Waals surface area contributed by atoms with Crippen LogP contribution in [0, 0.1) is 12.7 Å². The third-order valence-electron chi connectivity index (χ3n) is 2.78. The standard InChI is InChI=1S/C15H13FOS/c1-10-9-11(16)7-8-12(10)15(17)13-5-3-4-6-14(13)18-2/h3-9H,1-2H3. The Morgan fingerprint density at radius 2 is 1.83 bits per heavy atom. The number of carbonyl (C=O) groups is 1. The Hall–Kier alpha value is -1.61. The van der Waals surface area contributed by atoms with Gasteiger partial charge in [-0.2, -0.15) is 0 Å². The minimum absolute atomic E-state index is 0.0579. The molecule has 0 N–H and O–H groups in total. The maximum absolute atomic E-state index is 13.0. The summed E-state index contributed by atoms with van der Waals surface area (Å²) in [5.41, 5.74) is 1.88. The number of thioether (sulfide) groups is 1. The summed E-state index contributed by atoms with van der Waals surface area (Å²) in [6, 6.07) is 11.7. The summed E-state index contributed by atoms with van der Waals surface area (Å²) in [6.45, 7) is 1.75. The van der Waals surface area contributed by atoms with E-state index in [0.717, 1.165) is 4.90 Å². The highest BCUT2D eigenvalue weighted by atomic mass is 32.2. The lowest BCUT2D eigenvalue weighted by atomic mass is 9.99. The largest absolute Gasteiger partial charge is 0.289 e. The number of hydrogen-bond acceptors (Lipinski definition) is 2. The van der Waals surface area contributed by atoms with Crippen LogP contribution in [0.3, 0.4) is 0 Å². The van der Waals surface area contributed by atoms with E-state index in [1.54, 1.807) is 19.1 Å². The molecule has 0 aliphatic heterocycles. The van der Waals surface area contributed by atoms with Gasteiger partial charge in [0, 0.05) is 16.0 Å². The second-order valence-electron chi connectivity index (χ2n) is 3.99. The van der Waals surface area contributed by atoms with Crippen LogP contribution >= 0.6 is 11.8 Å². The molecule has 0 aromatic heterocycles. The first-order valence-electron chi connectivity index (χ1n) is 5.57. The molecule has 0 aliphatic rings. The lowest BCUT2D eigenvalue weighted by Gasteiger charge is -2.08. The average Bonchev–Trinajstić information content (AvgIpc) is 2.38. The third-order valence-corrected chi connectivity index (χ3v) is 3.58. The molecule has 0 unspecified atom stereocenters. The van der Waals surface area contributed by atoms with Crippen molar-refractivity contribution in [2.45, 2.75) is 11.8 Å². The van der Waals surface area contributed by atoms with Crippen LogP contribution in [0.2, 0.25) is 0 Å². The van der Waals surface area contributed by atoms with E-state index in [2.05, 4.69) is 0 Å². The van der Waals surface area contributed by atoms with E-state index >= 15 is 0 Å². The zero-order chi connectivity index (χ0) is 13.1. The van der Waals surface area contributed by atoms with Gasteiger partial charge in [0.15, 0.2) is 5.78 Å². The number of hydrogen-bond donors (Lipinski definition) is 0. The molecule has 2 rings (SSSR count). The summed E-state index contributed by atoms with van der Waals surface area (Å²) < 4.78 is 13.0. The first kappa shape index (κ1) is 12.8. The van der Waals surface area contributed by atoms with E-state index in [9.17, 15) is 9.18 Å². The molecule has 0 saturated carbocycles. The van der Waals surface area contributed by atoms with Crippen molar-refractivity contribution in [2.24, 2.45) is 0 Å². The van der Waals surface area contributed by atoms with Crippen molar-refractivity contribution in [1.29, 1.82) is 0 Å². The van der Waals surface area contributed by atoms with Gasteiger partial charge in [-0.3, -0.25) is 4.79 Å². The second kappa shape index (κ2) is 5.36. The Morgan fingerprint density at radius 1 is 1.11 bits per heavy atom. The van der Waals surface area contributed by atoms with Crippen molar-refractivity contribution in [1.82, 2.24) is 0 Å². The molecular weight excluding hydrogens is 247 g/mol. The first-order chi connectivity index (χ1) is 8.63. The zero-order valence-corrected chi connectivity index (χ0v) is 11.1. The van der Waals surface area contributed by atoms with Crippen molar-refractivity contribution >= 4 is 17.5 Å². The summed E-state index contributed by atoms with van der Waals surface area (Å²) in [6.07, 6.45) is 1.93. The van der Waals surface area contributed by atoms with Gasteiger partial charge in [-0.15, -0.1) is 11.8 Å². The molecule has 0 amide bonds. The van der Waals surface area contributed by atoms with Crippen LogP contribution < -0.4 is 0 Å². The summed E-state index contributed by atoms with van der Waals surface area (Å²) in [5.74, 6) is -0.375. The molecule has 92 valence electrons. The number of rotatable bonds is 3. The Bertz CT molecular complexity index is 593. The smallest absolute Gasteiger partial charge is 0.194 e. The quantitative estimate of drug-likeness (QED) is 0.611. The molecule has 0 heterocycles. The van der Waals surface area contributed by atoms with E-state index < -0.39 is 0 Å². The fourth-order valence-electron chi connectivity index (χ4n) is 1.86. The third kappa shape index (κ3) is 2.46. The highest BCUT2D eigenvalue weighted by Crippen LogP contribution is 2.24. The van der Waals surface area contributed by atoms with Crippen LogP contribution in [0.4, 0.5) is 4.39 Å². The monoisotopic (exact) mass is 260 g/mol. The van der Waals surface area contributed by atoms with Crippen LogP contribution in [0.1, 0.15) is 21.5 Å². The SMILES string of the molecule is CSc1ccccc1C(=O)c1ccc(F)cc1C. The number of aryl methyl sites for hydroxylation is 1. The molecule has 18 heavy (non-hydrogen) atoms. The summed E-state index contributed by atoms with van der Waals surface area (Å²) in [7, 11) is 0. The normalized spacial score (nSPS) is 10.4. The maximum atomic E-state index is 13.0. The molecule has 0 aliphatic carbocycles. The van der Waals surface area contributed by atoms with Crippen molar-refractivity contribution in [3.05, 3.63) is 65.0 Å². The summed E-state index contributed by atoms with van der Waals surface area (Å²) >= 11 is 1.53. The van der Waals surface area contributed by atoms with E-state index in [1.807, 2.05) is 24.5 Å². The highest BCUT2D eigenvalue weighted by Gasteiger charge is 2.15. The number of carbonyl (C=O) groups excluding carboxylic acids is 1. The van der Waals surface area contributed by atoms with Gasteiger partial charge in [0.2, 0.25) is 0 Å². The maximum Gasteiger partial charge on any atom is 0.194 e. The second-order valence-corrected chi connectivity index (χ2v) is 4.84. The van der Waals surface area contributed by atoms with Gasteiger partial charge in [0.05, 0.1) is 0 Å². The van der Waals surface area contributed by atoms with Crippen LogP contribution in [-0.4, -0.2) is 12.0 Å². The number of halogens is 1. The fourth-order valence-corrected chi connectivity index (χ4v) is 2.45. The van der Waals surface area contributed by atoms with Gasteiger partial charge < -0.3 is 0 Å². The molecule has 2 aromatic carbocycles. The highest BCUT2D eigenvalue weighted by molar-refractivity contribution is 7.98. The zero-order valence-electron chi connectivity index (χ0n) is 10.2. The topological polar surface area (TPSA) is 17.1 Å². The molecule has 0 spiro atoms. The molecule has 0 radical (unpaired) electrons. The van der Waals surface area contributed by atoms with Crippen LogP contribution in [0.5, 0.6) is 0 Å². The lowest BCUT2D eigenvalue weighted by molar-refractivity contribution is 0.103. The molecular formula is C15H13FOS. The van der Waals surface area contributed by atoms with Gasteiger partial charge in [0.25, 0.3) is 0 Å². The molecule has 0 bridgehead atoms. The molecule has 2 aromatic rings. The predicted molar refractivity (Wildman–Crippen MR) is 72.8 cm³/mol. The van der Waals surface area contributed by atoms with Gasteiger partial charge in [0.1, 0.15) is 5.82 Å². The van der Waals surface area contributed by atoms with Gasteiger partial charge >= 0.3 is 0 Å². The summed E-state index contributed by atoms with van der Waals surface area (Å²) in [5, 5.41) is 0. The van der Waals surface area contributed by atoms with Crippen LogP contribution in [0.25, 0.3) is 0 Å². The molecule has 0 fully saturated rings. The molecule has 3 heteroatoms. The minimum Gasteiger partial charge on any atom is -0.289 e. The van der Waals surface area contributed by atoms with Crippen LogP contribution in [0.15, 0.2) is 47.4 Å². The van der Waals surface area contributed by atoms with Crippen molar-refractivity contribution in [2.75, 3.05) is 6.26 Å². The Kier molecular flexibility index (Phi) is 3.82. The number of benzene rings is 2. The predicted octanol–water partition coefficient (Wildman–Crippen LogP) is 4.09. The van der Waals surface area contributed by atoms with E-state index in [1.165, 1.54) is 23.9 Å². The van der Waals surface area contributed by atoms with Crippen molar-refractivity contribution < 1.29 is 9.18 Å². The molecule has 1 nitrogen and oxygen atoms in total. The lowest BCUT2D eigenvalue weighted by Crippen LogP contribution is -2.05. The van der Waals surface area contributed by atoms with Gasteiger partial charge in [-0.25, -0.2) is 4.39 Å². The Morgan fingerprint density at radius 3 is 2.50 bits per heavy atom. The van der Waals surface area contributed by atoms with E-state index in [-0.39, 0.29) is 11.6 Å². The summed E-state index contributed by atoms with van der Waals surface area (Å²) in [4.78, 5) is 13.4. The molecule has 0 atom stereocenters. The van der Waals surface area contributed by atoms with Gasteiger partial charge in [-0.05, 0) is 49.1 Å². The Labute approximate surface area is 110 Å². The molecule has 0 saturated heterocycles. The van der Waals surface area contributed by atoms with E-state index in [4.69, 9.17) is 0 Å². The number of ketones is 1. The first-order valence-corrected chi connectivity index (χ1v) is 6.80. The van der Waals surface area contributed by atoms with Crippen molar-refractivity contribution in [3.8, 4) is 0 Å². The fraction of sp³-hybridized carbons (Fsp3) is 0.133. The van der Waals surface area contributed by atoms with Crippen LogP contribution in [-0.2, 0) is 0 Å².